The zero-order valence-corrected chi connectivity index (χ0v) is 51.9. The molecule has 26 heteroatoms. The lowest BCUT2D eigenvalue weighted by Crippen LogP contribution is -2.47. The summed E-state index contributed by atoms with van der Waals surface area (Å²) in [5.41, 5.74) is -6.61. The van der Waals surface area contributed by atoms with Crippen molar-refractivity contribution >= 4 is 120 Å². The summed E-state index contributed by atoms with van der Waals surface area (Å²) < 4.78 is 35.4. The van der Waals surface area contributed by atoms with Gasteiger partial charge in [0.15, 0.2) is 0 Å². The highest BCUT2D eigenvalue weighted by Crippen LogP contribution is 2.48. The van der Waals surface area contributed by atoms with Crippen molar-refractivity contribution in [1.82, 2.24) is 21.3 Å². The highest BCUT2D eigenvalue weighted by molar-refractivity contribution is 8.07. The van der Waals surface area contributed by atoms with Crippen molar-refractivity contribution in [2.24, 2.45) is 23.7 Å². The van der Waals surface area contributed by atoms with Crippen molar-refractivity contribution in [3.8, 4) is 0 Å². The molecule has 5 N–H and O–H groups in total. The maximum absolute atomic E-state index is 11.9. The lowest BCUT2D eigenvalue weighted by atomic mass is 10.2. The van der Waals surface area contributed by atoms with Gasteiger partial charge < -0.3 is 59.5 Å². The molecule has 0 bridgehead atoms. The Morgan fingerprint density at radius 1 is 0.436 bits per heavy atom. The number of nitrogens with one attached hydrogen (secondary N) is 4. The molecule has 0 aromatic carbocycles. The van der Waals surface area contributed by atoms with Crippen LogP contribution in [0.2, 0.25) is 0 Å². The molecule has 0 aromatic rings. The first-order chi connectivity index (χ1) is 34.0. The van der Waals surface area contributed by atoms with E-state index in [0.29, 0.717) is 25.7 Å². The molecular weight excluding hydrogens is 1130 g/mol. The highest BCUT2D eigenvalue weighted by Gasteiger charge is 2.64. The van der Waals surface area contributed by atoms with Gasteiger partial charge in [-0.05, 0) is 130 Å². The summed E-state index contributed by atoms with van der Waals surface area (Å²) in [5, 5.41) is 19.2. The van der Waals surface area contributed by atoms with Crippen LogP contribution in [0.15, 0.2) is 50.6 Å². The number of carbonyl (C=O) groups is 8. The zero-order chi connectivity index (χ0) is 58.5. The summed E-state index contributed by atoms with van der Waals surface area (Å²) >= 11 is 14.7. The summed E-state index contributed by atoms with van der Waals surface area (Å²) in [5.74, 6) is -2.85. The molecule has 0 radical (unpaired) electrons. The van der Waals surface area contributed by atoms with Crippen molar-refractivity contribution in [3.63, 3.8) is 0 Å². The van der Waals surface area contributed by atoms with Crippen molar-refractivity contribution < 1.29 is 76.6 Å². The van der Waals surface area contributed by atoms with Gasteiger partial charge >= 0.3 is 48.3 Å². The first-order valence-electron chi connectivity index (χ1n) is 23.6. The number of carbonyl (C=O) groups excluding carboxylic acids is 7. The van der Waals surface area contributed by atoms with E-state index < -0.39 is 92.8 Å². The predicted molar refractivity (Wildman–Crippen MR) is 323 cm³/mol. The topological polar surface area (TPSA) is 270 Å². The minimum Gasteiger partial charge on any atom is -0.479 e. The second-order valence-corrected chi connectivity index (χ2v) is 21.0. The number of carboxylic acid groups (broad SMARTS) is 1. The van der Waals surface area contributed by atoms with Crippen LogP contribution < -0.4 is 21.3 Å². The van der Waals surface area contributed by atoms with E-state index >= 15 is 0 Å². The Morgan fingerprint density at radius 2 is 0.603 bits per heavy atom. The van der Waals surface area contributed by atoms with Crippen LogP contribution in [-0.4, -0.2) is 118 Å². The van der Waals surface area contributed by atoms with E-state index in [1.165, 1.54) is 6.08 Å². The Kier molecular flexibility index (Phi) is 39.1. The van der Waals surface area contributed by atoms with Crippen molar-refractivity contribution in [2.45, 2.75) is 189 Å². The first-order valence-corrected chi connectivity index (χ1v) is 26.3. The molecule has 0 heterocycles. The normalized spacial score (nSPS) is 23.9. The fraction of sp³-hybridized carbons (Fsp3) is 0.692. The quantitative estimate of drug-likeness (QED) is 0.0581. The number of rotatable bonds is 15. The van der Waals surface area contributed by atoms with Crippen LogP contribution in [0.4, 0.5) is 19.2 Å². The average molecular weight is 1220 g/mol. The lowest BCUT2D eigenvalue weighted by molar-refractivity contribution is -0.148. The Hall–Kier alpha value is -4.50. The summed E-state index contributed by atoms with van der Waals surface area (Å²) in [7, 11) is 0. The number of hydrogen-bond donors (Lipinski definition) is 5. The monoisotopic (exact) mass is 1220 g/mol. The zero-order valence-electron chi connectivity index (χ0n) is 46.6. The predicted octanol–water partition coefficient (Wildman–Crippen LogP) is 9.09. The molecule has 0 aromatic heterocycles. The van der Waals surface area contributed by atoms with Gasteiger partial charge in [-0.3, -0.25) is 0 Å². The molecule has 0 unspecified atom stereocenters. The molecule has 0 saturated heterocycles. The Labute approximate surface area is 498 Å². The molecule has 0 spiro atoms. The van der Waals surface area contributed by atoms with E-state index in [0.717, 1.165) is 0 Å². The molecule has 20 nitrogen and oxygen atoms in total. The van der Waals surface area contributed by atoms with Gasteiger partial charge in [0.05, 0.1) is 19.8 Å². The van der Waals surface area contributed by atoms with Crippen molar-refractivity contribution in [2.75, 3.05) is 19.8 Å². The molecule has 4 fully saturated rings. The first kappa shape index (κ1) is 84.8. The SMILES string of the molecule is C.C.C=C[C@@H]1C[C@]1(NC(=O)OC(C)(C)C)C(=O)OCC.C=C[C@@H]1C[C@]1(NC(=O)OC(C)(C)C)C(=O)OCC.C=C[C@H]1C[C@@]1(NC(=O)OC(C)(C)C)C(=O)O.C=C[C@H]1C[C@@]1(NC(=O)OC(C)(C)C)C(=O)OCC.S.S.S=S.S=S. The van der Waals surface area contributed by atoms with Crippen LogP contribution in [0, 0.1) is 23.7 Å². The third-order valence-electron chi connectivity index (χ3n) is 10.4. The van der Waals surface area contributed by atoms with Crippen LogP contribution in [0.25, 0.3) is 0 Å². The van der Waals surface area contributed by atoms with Gasteiger partial charge in [-0.2, -0.15) is 27.0 Å². The maximum Gasteiger partial charge on any atom is 0.408 e. The van der Waals surface area contributed by atoms with Crippen molar-refractivity contribution in [3.05, 3.63) is 50.6 Å². The maximum atomic E-state index is 11.9. The summed E-state index contributed by atoms with van der Waals surface area (Å²) in [4.78, 5) is 93.2. The van der Waals surface area contributed by atoms with Gasteiger partial charge in [0.25, 0.3) is 0 Å². The molecule has 78 heavy (non-hydrogen) atoms. The van der Waals surface area contributed by atoms with Crippen LogP contribution in [-0.2, 0) is 97.1 Å². The molecule has 4 aliphatic carbocycles. The van der Waals surface area contributed by atoms with E-state index in [1.807, 2.05) is 0 Å². The average Bonchev–Trinajstić information content (AvgIpc) is 4.14. The van der Waals surface area contributed by atoms with E-state index in [2.05, 4.69) is 92.3 Å². The van der Waals surface area contributed by atoms with Crippen LogP contribution >= 0.6 is 27.0 Å². The second-order valence-electron chi connectivity index (χ2n) is 21.0. The Bertz CT molecular complexity index is 1860. The van der Waals surface area contributed by atoms with Gasteiger partial charge in [-0.15, -0.1) is 26.3 Å². The number of amides is 4. The smallest absolute Gasteiger partial charge is 0.408 e. The number of esters is 3. The summed E-state index contributed by atoms with van der Waals surface area (Å²) in [6, 6.07) is 0. The van der Waals surface area contributed by atoms with Crippen LogP contribution in [0.3, 0.4) is 0 Å². The third kappa shape index (κ3) is 28.1. The number of alkyl carbamates (subject to hydrolysis) is 4. The number of hydrogen-bond acceptors (Lipinski definition) is 19. The van der Waals surface area contributed by atoms with E-state index in [1.54, 1.807) is 122 Å². The molecule has 452 valence electrons. The summed E-state index contributed by atoms with van der Waals surface area (Å²) in [6.07, 6.45) is 5.82. The fourth-order valence-corrected chi connectivity index (χ4v) is 6.74. The molecular formula is C52H92N4O16S6. The molecule has 4 saturated carbocycles. The Balaban J connectivity index is -0.000000213. The van der Waals surface area contributed by atoms with Crippen LogP contribution in [0.5, 0.6) is 0 Å². The van der Waals surface area contributed by atoms with Crippen LogP contribution in [0.1, 0.15) is 144 Å². The largest absolute Gasteiger partial charge is 0.479 e. The molecule has 8 atom stereocenters. The molecule has 4 aliphatic rings. The summed E-state index contributed by atoms with van der Waals surface area (Å²) in [6.45, 7) is 41.5. The molecule has 0 aliphatic heterocycles. The van der Waals surface area contributed by atoms with Gasteiger partial charge in [0.2, 0.25) is 0 Å². The van der Waals surface area contributed by atoms with Gasteiger partial charge in [0.1, 0.15) is 44.6 Å². The number of carboxylic acids is 1. The highest BCUT2D eigenvalue weighted by atomic mass is 32.8. The van der Waals surface area contributed by atoms with Gasteiger partial charge in [-0.1, -0.05) is 39.2 Å². The van der Waals surface area contributed by atoms with Crippen molar-refractivity contribution in [1.29, 1.82) is 0 Å². The van der Waals surface area contributed by atoms with E-state index in [9.17, 15) is 38.4 Å². The molecule has 4 rings (SSSR count). The standard InChI is InChI=1S/3C13H21NO4.C11H17NO4.2CH4.2S2.2H2S/c3*1-6-9-8-13(9,10(15)17-7-2)14-11(16)18-12(3,4)5;1-5-7-6-11(7,8(13)14)12-9(15)16-10(2,3)4;;;2*1-2;;/h3*6,9H,1,7-8H2,2-5H3,(H,14,16);5,7H,1,6H2,2-4H3,(H,12,15)(H,13,14);2*1H4;;;2*1H2/t3*9-,13-;7-,11-;;;;;;/m1100....../s1. The van der Waals surface area contributed by atoms with Gasteiger partial charge in [0, 0.05) is 68.4 Å². The third-order valence-corrected chi connectivity index (χ3v) is 10.4. The lowest BCUT2D eigenvalue weighted by Gasteiger charge is -2.23. The molecule has 4 amide bonds. The minimum absolute atomic E-state index is 0. The number of ether oxygens (including phenoxy) is 7. The van der Waals surface area contributed by atoms with E-state index in [-0.39, 0.29) is 85.3 Å². The van der Waals surface area contributed by atoms with Gasteiger partial charge in [-0.25, -0.2) is 38.4 Å². The minimum atomic E-state index is -1.22. The second kappa shape index (κ2) is 36.0. The number of aliphatic carboxylic acids is 1. The Morgan fingerprint density at radius 3 is 0.731 bits per heavy atom. The fourth-order valence-electron chi connectivity index (χ4n) is 6.74. The van der Waals surface area contributed by atoms with E-state index in [4.69, 9.17) is 38.3 Å².